The maximum atomic E-state index is 12.5. The Kier molecular flexibility index (Phi) is 4.61. The number of aromatic nitrogens is 4. The fourth-order valence-corrected chi connectivity index (χ4v) is 5.62. The minimum atomic E-state index is -1.08. The van der Waals surface area contributed by atoms with E-state index in [2.05, 4.69) is 37.4 Å². The van der Waals surface area contributed by atoms with Gasteiger partial charge in [0, 0.05) is 24.4 Å². The van der Waals surface area contributed by atoms with Gasteiger partial charge < -0.3 is 25.4 Å². The molecule has 2 fully saturated rings. The number of hydrogen-bond donors (Lipinski definition) is 4. The number of nitrogens with one attached hydrogen (secondary N) is 2. The predicted octanol–water partition coefficient (Wildman–Crippen LogP) is 3.05. The standard InChI is InChI=1S/C24H24N6O3S/c1-12-3-6-14(34-12)7-8-16-28-21(26-10-13-4-5-13)17-22(29-16)30(11-27-17)18-15-9-24(15,23(33)25-2)20(32)19(18)31/h3,6,11,13,15,18,31-32H,4-5,9-10H2,1-2H3,(H,25,33)(H,26,28,29)/t15?,18-,24?/m1/s1. The summed E-state index contributed by atoms with van der Waals surface area (Å²) in [5.74, 6) is 6.72. The zero-order valence-corrected chi connectivity index (χ0v) is 19.6. The highest BCUT2D eigenvalue weighted by molar-refractivity contribution is 7.12. The number of aliphatic hydroxyl groups is 2. The molecular weight excluding hydrogens is 452 g/mol. The van der Waals surface area contributed by atoms with E-state index in [1.165, 1.54) is 24.8 Å². The summed E-state index contributed by atoms with van der Waals surface area (Å²) in [6, 6.07) is 3.36. The molecule has 0 radical (unpaired) electrons. The minimum absolute atomic E-state index is 0.216. The van der Waals surface area contributed by atoms with Crippen LogP contribution in [-0.4, -0.2) is 49.2 Å². The van der Waals surface area contributed by atoms with E-state index < -0.39 is 11.5 Å². The molecule has 3 aromatic rings. The molecule has 1 amide bonds. The van der Waals surface area contributed by atoms with E-state index in [-0.39, 0.29) is 23.3 Å². The van der Waals surface area contributed by atoms with E-state index in [0.717, 1.165) is 11.4 Å². The zero-order chi connectivity index (χ0) is 23.6. The number of carbonyl (C=O) groups is 1. The number of aliphatic hydroxyl groups excluding tert-OH is 2. The highest BCUT2D eigenvalue weighted by Gasteiger charge is 2.72. The Labute approximate surface area is 200 Å². The summed E-state index contributed by atoms with van der Waals surface area (Å²) in [5, 5.41) is 27.4. The van der Waals surface area contributed by atoms with Crippen molar-refractivity contribution >= 4 is 34.2 Å². The molecule has 6 rings (SSSR count). The summed E-state index contributed by atoms with van der Waals surface area (Å²) in [6.45, 7) is 2.83. The smallest absolute Gasteiger partial charge is 0.234 e. The van der Waals surface area contributed by atoms with Gasteiger partial charge in [0.2, 0.25) is 11.7 Å². The van der Waals surface area contributed by atoms with Crippen LogP contribution >= 0.6 is 11.3 Å². The summed E-state index contributed by atoms with van der Waals surface area (Å²) >= 11 is 1.61. The number of anilines is 1. The molecule has 3 atom stereocenters. The van der Waals surface area contributed by atoms with Crippen molar-refractivity contribution in [3.8, 4) is 11.8 Å². The highest BCUT2D eigenvalue weighted by Crippen LogP contribution is 2.69. The Hall–Kier alpha value is -3.58. The van der Waals surface area contributed by atoms with E-state index in [4.69, 9.17) is 0 Å². The largest absolute Gasteiger partial charge is 0.508 e. The molecule has 0 spiro atoms. The minimum Gasteiger partial charge on any atom is -0.508 e. The first-order valence-electron chi connectivity index (χ1n) is 11.3. The van der Waals surface area contributed by atoms with Crippen molar-refractivity contribution in [2.24, 2.45) is 17.3 Å². The molecule has 10 heteroatoms. The molecule has 0 saturated heterocycles. The van der Waals surface area contributed by atoms with Gasteiger partial charge in [0.15, 0.2) is 22.7 Å². The van der Waals surface area contributed by atoms with Crippen LogP contribution in [-0.2, 0) is 4.79 Å². The molecule has 3 aliphatic rings. The molecule has 2 unspecified atom stereocenters. The molecule has 174 valence electrons. The Morgan fingerprint density at radius 2 is 2.12 bits per heavy atom. The monoisotopic (exact) mass is 476 g/mol. The Morgan fingerprint density at radius 1 is 1.29 bits per heavy atom. The van der Waals surface area contributed by atoms with Gasteiger partial charge >= 0.3 is 0 Å². The van der Waals surface area contributed by atoms with Crippen LogP contribution in [0.2, 0.25) is 0 Å². The lowest BCUT2D eigenvalue weighted by molar-refractivity contribution is -0.125. The van der Waals surface area contributed by atoms with Crippen LogP contribution in [0.3, 0.4) is 0 Å². The number of fused-ring (bicyclic) bond motifs is 2. The number of imidazole rings is 1. The number of hydrogen-bond acceptors (Lipinski definition) is 8. The van der Waals surface area contributed by atoms with Crippen molar-refractivity contribution in [3.05, 3.63) is 45.6 Å². The second kappa shape index (κ2) is 7.46. The summed E-state index contributed by atoms with van der Waals surface area (Å²) in [5.41, 5.74) is -0.00713. The third kappa shape index (κ3) is 3.15. The predicted molar refractivity (Wildman–Crippen MR) is 128 cm³/mol. The summed E-state index contributed by atoms with van der Waals surface area (Å²) in [4.78, 5) is 28.4. The quantitative estimate of drug-likeness (QED) is 0.417. The number of aryl methyl sites for hydroxylation is 1. The summed E-state index contributed by atoms with van der Waals surface area (Å²) in [7, 11) is 1.53. The third-order valence-electron chi connectivity index (χ3n) is 6.99. The lowest BCUT2D eigenvalue weighted by atomic mass is 10.0. The Bertz CT molecular complexity index is 1430. The molecule has 0 aliphatic heterocycles. The number of allylic oxidation sites excluding steroid dienone is 1. The molecule has 0 bridgehead atoms. The van der Waals surface area contributed by atoms with Crippen LogP contribution < -0.4 is 10.6 Å². The molecule has 0 aromatic carbocycles. The molecule has 3 aromatic heterocycles. The van der Waals surface area contributed by atoms with Crippen LogP contribution in [0.4, 0.5) is 5.82 Å². The van der Waals surface area contributed by atoms with E-state index in [9.17, 15) is 15.0 Å². The van der Waals surface area contributed by atoms with Crippen LogP contribution in [0, 0.1) is 36.0 Å². The SMILES string of the molecule is CNC(=O)C12CC1[C@@H](n1cnc3c(NCC4CC4)nc(C#Cc4ccc(C)s4)nc31)C(O)=C2O. The van der Waals surface area contributed by atoms with Gasteiger partial charge in [0.05, 0.1) is 11.2 Å². The van der Waals surface area contributed by atoms with Crippen LogP contribution in [0.15, 0.2) is 30.0 Å². The number of rotatable bonds is 5. The molecule has 34 heavy (non-hydrogen) atoms. The number of thiophene rings is 1. The van der Waals surface area contributed by atoms with E-state index >= 15 is 0 Å². The molecule has 3 aliphatic carbocycles. The number of nitrogens with zero attached hydrogens (tertiary/aromatic N) is 4. The maximum absolute atomic E-state index is 12.5. The molecular formula is C24H24N6O3S. The van der Waals surface area contributed by atoms with Crippen molar-refractivity contribution in [2.45, 2.75) is 32.2 Å². The van der Waals surface area contributed by atoms with Crippen molar-refractivity contribution in [1.29, 1.82) is 0 Å². The lowest BCUT2D eigenvalue weighted by Crippen LogP contribution is -2.30. The first kappa shape index (κ1) is 21.0. The Morgan fingerprint density at radius 3 is 2.82 bits per heavy atom. The van der Waals surface area contributed by atoms with E-state index in [0.29, 0.717) is 35.1 Å². The second-order valence-electron chi connectivity index (χ2n) is 9.24. The van der Waals surface area contributed by atoms with Crippen molar-refractivity contribution in [3.63, 3.8) is 0 Å². The highest BCUT2D eigenvalue weighted by atomic mass is 32.1. The van der Waals surface area contributed by atoms with Gasteiger partial charge in [-0.05, 0) is 56.1 Å². The average molecular weight is 477 g/mol. The van der Waals surface area contributed by atoms with Crippen molar-refractivity contribution in [1.82, 2.24) is 24.8 Å². The van der Waals surface area contributed by atoms with E-state index in [1.54, 1.807) is 22.2 Å². The van der Waals surface area contributed by atoms with Crippen LogP contribution in [0.1, 0.15) is 40.9 Å². The average Bonchev–Trinajstić information content (AvgIpc) is 3.70. The zero-order valence-electron chi connectivity index (χ0n) is 18.8. The van der Waals surface area contributed by atoms with Gasteiger partial charge in [0.25, 0.3) is 0 Å². The first-order chi connectivity index (χ1) is 16.4. The third-order valence-corrected chi connectivity index (χ3v) is 7.90. The summed E-state index contributed by atoms with van der Waals surface area (Å²) in [6.07, 6.45) is 4.44. The maximum Gasteiger partial charge on any atom is 0.234 e. The topological polar surface area (TPSA) is 125 Å². The summed E-state index contributed by atoms with van der Waals surface area (Å²) < 4.78 is 1.73. The van der Waals surface area contributed by atoms with Gasteiger partial charge in [-0.25, -0.2) is 15.0 Å². The normalized spacial score (nSPS) is 25.1. The molecule has 9 nitrogen and oxygen atoms in total. The fourth-order valence-electron chi connectivity index (χ4n) is 4.90. The van der Waals surface area contributed by atoms with Gasteiger partial charge in [-0.3, -0.25) is 4.79 Å². The van der Waals surface area contributed by atoms with Crippen molar-refractivity contribution in [2.75, 3.05) is 18.9 Å². The number of carbonyl (C=O) groups excluding carboxylic acids is 1. The Balaban J connectivity index is 1.43. The lowest BCUT2D eigenvalue weighted by Gasteiger charge is -2.15. The fraction of sp³-hybridized carbons (Fsp3) is 0.417. The van der Waals surface area contributed by atoms with Gasteiger partial charge in [-0.1, -0.05) is 0 Å². The molecule has 4 N–H and O–H groups in total. The first-order valence-corrected chi connectivity index (χ1v) is 12.2. The van der Waals surface area contributed by atoms with Gasteiger partial charge in [-0.15, -0.1) is 11.3 Å². The van der Waals surface area contributed by atoms with Crippen LogP contribution in [0.5, 0.6) is 0 Å². The van der Waals surface area contributed by atoms with Gasteiger partial charge in [0.1, 0.15) is 17.2 Å². The number of amides is 1. The second-order valence-corrected chi connectivity index (χ2v) is 10.5. The van der Waals surface area contributed by atoms with Gasteiger partial charge in [-0.2, -0.15) is 0 Å². The molecule has 2 saturated carbocycles. The van der Waals surface area contributed by atoms with Crippen LogP contribution in [0.25, 0.3) is 11.2 Å². The molecule has 3 heterocycles. The van der Waals surface area contributed by atoms with Crippen molar-refractivity contribution < 1.29 is 15.0 Å². The van der Waals surface area contributed by atoms with E-state index in [1.807, 2.05) is 19.1 Å².